The Bertz CT molecular complexity index is 351. The molecule has 96 valence electrons. The fraction of sp³-hybridized carbons (Fsp3) is 0.769. The first-order valence-corrected chi connectivity index (χ1v) is 6.12. The normalized spacial score (nSPS) is 23.1. The van der Waals surface area contributed by atoms with E-state index in [-0.39, 0.29) is 17.3 Å². The fourth-order valence-electron chi connectivity index (χ4n) is 2.42. The maximum Gasteiger partial charge on any atom is 0.410 e. The molecule has 0 radical (unpaired) electrons. The van der Waals surface area contributed by atoms with Crippen molar-refractivity contribution in [2.75, 3.05) is 13.1 Å². The van der Waals surface area contributed by atoms with Crippen LogP contribution >= 0.6 is 0 Å². The molecule has 0 saturated carbocycles. The molecule has 1 aliphatic heterocycles. The van der Waals surface area contributed by atoms with Gasteiger partial charge in [0, 0.05) is 18.5 Å². The van der Waals surface area contributed by atoms with Crippen molar-refractivity contribution >= 4 is 6.09 Å². The Morgan fingerprint density at radius 3 is 2.59 bits per heavy atom. The van der Waals surface area contributed by atoms with Gasteiger partial charge in [-0.2, -0.15) is 0 Å². The Labute approximate surface area is 102 Å². The lowest BCUT2D eigenvalue weighted by molar-refractivity contribution is -0.0389. The third-order valence-corrected chi connectivity index (χ3v) is 3.35. The van der Waals surface area contributed by atoms with Crippen molar-refractivity contribution in [1.29, 1.82) is 0 Å². The highest BCUT2D eigenvalue weighted by molar-refractivity contribution is 5.69. The summed E-state index contributed by atoms with van der Waals surface area (Å²) in [7, 11) is 0. The number of nitrogens with zero attached hydrogens (tertiary/aromatic N) is 1. The van der Waals surface area contributed by atoms with Crippen LogP contribution in [-0.4, -0.2) is 29.7 Å². The summed E-state index contributed by atoms with van der Waals surface area (Å²) in [4.78, 5) is 13.5. The van der Waals surface area contributed by atoms with Gasteiger partial charge in [0.1, 0.15) is 5.60 Å². The van der Waals surface area contributed by atoms with Crippen molar-refractivity contribution < 1.29 is 13.9 Å². The molecule has 1 amide bonds. The highest BCUT2D eigenvalue weighted by Gasteiger charge is 2.46. The van der Waals surface area contributed by atoms with Crippen molar-refractivity contribution in [3.05, 3.63) is 11.9 Å². The van der Waals surface area contributed by atoms with Gasteiger partial charge < -0.3 is 9.64 Å². The lowest BCUT2D eigenvalue weighted by atomic mass is 9.71. The van der Waals surface area contributed by atoms with Crippen LogP contribution in [0.15, 0.2) is 11.9 Å². The minimum atomic E-state index is -0.446. The van der Waals surface area contributed by atoms with Crippen LogP contribution in [0.3, 0.4) is 0 Å². The molecule has 17 heavy (non-hydrogen) atoms. The van der Waals surface area contributed by atoms with Gasteiger partial charge in [-0.3, -0.25) is 0 Å². The van der Waals surface area contributed by atoms with Crippen LogP contribution in [0.4, 0.5) is 9.18 Å². The molecular formula is C13H20FNO2. The summed E-state index contributed by atoms with van der Waals surface area (Å²) in [5, 5.41) is 0. The zero-order chi connectivity index (χ0) is 12.7. The van der Waals surface area contributed by atoms with E-state index in [1.807, 2.05) is 20.8 Å². The van der Waals surface area contributed by atoms with E-state index < -0.39 is 5.60 Å². The molecule has 0 bridgehead atoms. The quantitative estimate of drug-likeness (QED) is 0.651. The predicted molar refractivity (Wildman–Crippen MR) is 63.3 cm³/mol. The van der Waals surface area contributed by atoms with Crippen LogP contribution < -0.4 is 0 Å². The van der Waals surface area contributed by atoms with Gasteiger partial charge in [-0.25, -0.2) is 9.18 Å². The van der Waals surface area contributed by atoms with Crippen LogP contribution in [0.5, 0.6) is 0 Å². The van der Waals surface area contributed by atoms with E-state index in [2.05, 4.69) is 0 Å². The number of hydrogen-bond donors (Lipinski definition) is 0. The molecular weight excluding hydrogens is 221 g/mol. The van der Waals surface area contributed by atoms with Gasteiger partial charge in [0.25, 0.3) is 0 Å². The van der Waals surface area contributed by atoms with Gasteiger partial charge >= 0.3 is 6.09 Å². The molecule has 1 saturated heterocycles. The van der Waals surface area contributed by atoms with Crippen molar-refractivity contribution in [2.24, 2.45) is 5.41 Å². The van der Waals surface area contributed by atoms with Crippen LogP contribution in [0.1, 0.15) is 40.0 Å². The summed E-state index contributed by atoms with van der Waals surface area (Å²) in [5.41, 5.74) is -0.328. The molecule has 0 atom stereocenters. The Hall–Kier alpha value is -1.06. The predicted octanol–water partition coefficient (Wildman–Crippen LogP) is 3.26. The summed E-state index contributed by atoms with van der Waals surface area (Å²) >= 11 is 0. The smallest absolute Gasteiger partial charge is 0.410 e. The second-order valence-corrected chi connectivity index (χ2v) is 6.19. The molecule has 1 fully saturated rings. The molecule has 1 heterocycles. The Kier molecular flexibility index (Phi) is 2.92. The molecule has 1 spiro atoms. The number of carbonyl (C=O) groups excluding carboxylic acids is 1. The topological polar surface area (TPSA) is 29.5 Å². The lowest BCUT2D eigenvalue weighted by Gasteiger charge is -2.51. The first kappa shape index (κ1) is 12.4. The van der Waals surface area contributed by atoms with Crippen molar-refractivity contribution in [3.63, 3.8) is 0 Å². The van der Waals surface area contributed by atoms with E-state index in [0.717, 1.165) is 12.8 Å². The largest absolute Gasteiger partial charge is 0.444 e. The van der Waals surface area contributed by atoms with Gasteiger partial charge in [0.15, 0.2) is 0 Å². The molecule has 2 rings (SSSR count). The molecule has 2 aliphatic rings. The Morgan fingerprint density at radius 2 is 2.12 bits per heavy atom. The average molecular weight is 241 g/mol. The molecule has 0 aromatic heterocycles. The average Bonchev–Trinajstić information content (AvgIpc) is 2.13. The molecule has 3 nitrogen and oxygen atoms in total. The standard InChI is InChI=1S/C13H20FNO2/c1-12(2,3)17-11(16)15-8-13(9-15)6-4-10(14)5-7-13/h4H,5-9H2,1-3H3. The molecule has 4 heteroatoms. The number of allylic oxidation sites excluding steroid dienone is 2. The molecule has 0 N–H and O–H groups in total. The van der Waals surface area contributed by atoms with Crippen molar-refractivity contribution in [2.45, 2.75) is 45.6 Å². The third-order valence-electron chi connectivity index (χ3n) is 3.35. The van der Waals surface area contributed by atoms with E-state index in [0.29, 0.717) is 19.5 Å². The number of amides is 1. The van der Waals surface area contributed by atoms with Crippen LogP contribution in [0.25, 0.3) is 0 Å². The van der Waals surface area contributed by atoms with E-state index in [1.54, 1.807) is 11.0 Å². The maximum absolute atomic E-state index is 12.9. The highest BCUT2D eigenvalue weighted by atomic mass is 19.1. The summed E-state index contributed by atoms with van der Waals surface area (Å²) in [6.07, 6.45) is 3.52. The zero-order valence-electron chi connectivity index (χ0n) is 10.8. The van der Waals surface area contributed by atoms with Gasteiger partial charge in [-0.1, -0.05) is 6.08 Å². The number of ether oxygens (including phenoxy) is 1. The number of rotatable bonds is 0. The van der Waals surface area contributed by atoms with Crippen LogP contribution in [0, 0.1) is 5.41 Å². The van der Waals surface area contributed by atoms with Crippen LogP contribution in [-0.2, 0) is 4.74 Å². The summed E-state index contributed by atoms with van der Waals surface area (Å²) < 4.78 is 18.2. The summed E-state index contributed by atoms with van der Waals surface area (Å²) in [6, 6.07) is 0. The Morgan fingerprint density at radius 1 is 1.47 bits per heavy atom. The maximum atomic E-state index is 12.9. The highest BCUT2D eigenvalue weighted by Crippen LogP contribution is 2.43. The van der Waals surface area contributed by atoms with E-state index in [9.17, 15) is 9.18 Å². The molecule has 0 unspecified atom stereocenters. The SMILES string of the molecule is CC(C)(C)OC(=O)N1CC2(CC=C(F)CC2)C1. The first-order chi connectivity index (χ1) is 7.80. The number of carbonyl (C=O) groups is 1. The third kappa shape index (κ3) is 2.79. The number of halogens is 1. The van der Waals surface area contributed by atoms with Gasteiger partial charge in [-0.15, -0.1) is 0 Å². The number of hydrogen-bond acceptors (Lipinski definition) is 2. The van der Waals surface area contributed by atoms with Gasteiger partial charge in [-0.05, 0) is 40.0 Å². The first-order valence-electron chi connectivity index (χ1n) is 6.12. The van der Waals surface area contributed by atoms with Crippen molar-refractivity contribution in [3.8, 4) is 0 Å². The number of likely N-dealkylation sites (tertiary alicyclic amines) is 1. The van der Waals surface area contributed by atoms with Gasteiger partial charge in [0.2, 0.25) is 0 Å². The minimum Gasteiger partial charge on any atom is -0.444 e. The molecule has 1 aliphatic carbocycles. The second kappa shape index (κ2) is 4.00. The zero-order valence-corrected chi connectivity index (χ0v) is 10.8. The van der Waals surface area contributed by atoms with Crippen molar-refractivity contribution in [1.82, 2.24) is 4.90 Å². The van der Waals surface area contributed by atoms with Gasteiger partial charge in [0.05, 0.1) is 5.83 Å². The van der Waals surface area contributed by atoms with E-state index in [1.165, 1.54) is 0 Å². The van der Waals surface area contributed by atoms with Crippen LogP contribution in [0.2, 0.25) is 0 Å². The molecule has 0 aromatic rings. The second-order valence-electron chi connectivity index (χ2n) is 6.19. The van der Waals surface area contributed by atoms with E-state index >= 15 is 0 Å². The monoisotopic (exact) mass is 241 g/mol. The van der Waals surface area contributed by atoms with E-state index in [4.69, 9.17) is 4.74 Å². The summed E-state index contributed by atoms with van der Waals surface area (Å²) in [6.45, 7) is 6.98. The molecule has 0 aromatic carbocycles. The lowest BCUT2D eigenvalue weighted by Crippen LogP contribution is -2.59. The minimum absolute atomic E-state index is 0.00802. The summed E-state index contributed by atoms with van der Waals surface area (Å²) in [5.74, 6) is -0.00802. The fourth-order valence-corrected chi connectivity index (χ4v) is 2.42. The Balaban J connectivity index is 1.85.